The van der Waals surface area contributed by atoms with E-state index in [9.17, 15) is 22.0 Å². The van der Waals surface area contributed by atoms with Gasteiger partial charge in [-0.3, -0.25) is 0 Å². The monoisotopic (exact) mass is 604 g/mol. The molecular weight excluding hydrogens is 569 g/mol. The van der Waals surface area contributed by atoms with Gasteiger partial charge in [-0.2, -0.15) is 8.78 Å². The van der Waals surface area contributed by atoms with Gasteiger partial charge in [0.1, 0.15) is 23.1 Å². The third kappa shape index (κ3) is 7.51. The number of ether oxygens (including phenoxy) is 4. The van der Waals surface area contributed by atoms with E-state index >= 15 is 8.78 Å². The molecule has 0 bridgehead atoms. The predicted octanol–water partition coefficient (Wildman–Crippen LogP) is 9.12. The largest absolute Gasteiger partial charge is 0.573 e. The van der Waals surface area contributed by atoms with E-state index in [0.29, 0.717) is 50.0 Å². The quantitative estimate of drug-likeness (QED) is 0.296. The highest BCUT2D eigenvalue weighted by atomic mass is 19.4. The first-order valence-electron chi connectivity index (χ1n) is 14.5. The highest BCUT2D eigenvalue weighted by molar-refractivity contribution is 5.66. The fourth-order valence-electron chi connectivity index (χ4n) is 6.51. The molecule has 11 heteroatoms. The predicted molar refractivity (Wildman–Crippen MR) is 140 cm³/mol. The fourth-order valence-corrected chi connectivity index (χ4v) is 6.51. The minimum atomic E-state index is -4.92. The van der Waals surface area contributed by atoms with Crippen molar-refractivity contribution in [3.63, 3.8) is 0 Å². The maximum atomic E-state index is 15.1. The summed E-state index contributed by atoms with van der Waals surface area (Å²) in [5.74, 6) is -3.05. The third-order valence-corrected chi connectivity index (χ3v) is 8.95. The van der Waals surface area contributed by atoms with E-state index in [1.54, 1.807) is 0 Å². The minimum absolute atomic E-state index is 0.00790. The summed E-state index contributed by atoms with van der Waals surface area (Å²) < 4.78 is 118. The van der Waals surface area contributed by atoms with Gasteiger partial charge in [0.05, 0.1) is 24.7 Å². The normalized spacial score (nSPS) is 29.2. The van der Waals surface area contributed by atoms with Crippen LogP contribution in [-0.2, 0) is 9.47 Å². The Morgan fingerprint density at radius 2 is 1.21 bits per heavy atom. The zero-order valence-corrected chi connectivity index (χ0v) is 23.3. The summed E-state index contributed by atoms with van der Waals surface area (Å²) >= 11 is 0. The summed E-state index contributed by atoms with van der Waals surface area (Å²) in [6.45, 7) is 3.53. The summed E-state index contributed by atoms with van der Waals surface area (Å²) in [5.41, 5.74) is -0.680. The summed E-state index contributed by atoms with van der Waals surface area (Å²) in [5, 5.41) is 0. The van der Waals surface area contributed by atoms with Crippen molar-refractivity contribution in [1.29, 1.82) is 0 Å². The van der Waals surface area contributed by atoms with Gasteiger partial charge in [-0.25, -0.2) is 8.78 Å². The minimum Gasteiger partial charge on any atom is -0.432 e. The number of hydrogen-bond donors (Lipinski definition) is 0. The zero-order valence-electron chi connectivity index (χ0n) is 23.3. The molecule has 4 nitrogen and oxygen atoms in total. The molecule has 0 unspecified atom stereocenters. The van der Waals surface area contributed by atoms with Gasteiger partial charge in [-0.05, 0) is 68.1 Å². The molecule has 1 heterocycles. The van der Waals surface area contributed by atoms with Gasteiger partial charge in [0, 0.05) is 24.0 Å². The summed E-state index contributed by atoms with van der Waals surface area (Å²) in [7, 11) is 0. The highest BCUT2D eigenvalue weighted by Gasteiger charge is 2.46. The van der Waals surface area contributed by atoms with Crippen molar-refractivity contribution in [1.82, 2.24) is 0 Å². The van der Waals surface area contributed by atoms with Crippen molar-refractivity contribution >= 4 is 0 Å². The molecule has 2 aliphatic carbocycles. The van der Waals surface area contributed by atoms with Crippen LogP contribution in [0.3, 0.4) is 0 Å². The van der Waals surface area contributed by atoms with Gasteiger partial charge in [0.25, 0.3) is 0 Å². The summed E-state index contributed by atoms with van der Waals surface area (Å²) in [6, 6.07) is 5.15. The van der Waals surface area contributed by atoms with E-state index in [4.69, 9.17) is 14.2 Å². The molecular formula is C31H35F7O4. The van der Waals surface area contributed by atoms with Crippen LogP contribution in [0.15, 0.2) is 36.4 Å². The lowest BCUT2D eigenvalue weighted by Gasteiger charge is -2.41. The molecule has 0 radical (unpaired) electrons. The van der Waals surface area contributed by atoms with Gasteiger partial charge >= 0.3 is 12.5 Å². The van der Waals surface area contributed by atoms with Gasteiger partial charge in [-0.15, -0.1) is 13.2 Å². The molecule has 0 spiro atoms. The molecule has 3 fully saturated rings. The fraction of sp³-hybridized carbons (Fsp3) is 0.613. The van der Waals surface area contributed by atoms with E-state index in [-0.39, 0.29) is 24.3 Å². The first-order chi connectivity index (χ1) is 19.9. The van der Waals surface area contributed by atoms with Crippen LogP contribution in [0, 0.1) is 41.2 Å². The molecule has 2 saturated carbocycles. The Bertz CT molecular complexity index is 1160. The topological polar surface area (TPSA) is 36.9 Å². The first kappa shape index (κ1) is 30.9. The molecule has 0 N–H and O–H groups in total. The third-order valence-electron chi connectivity index (χ3n) is 8.95. The van der Waals surface area contributed by atoms with Gasteiger partial charge in [-0.1, -0.05) is 31.9 Å². The Hall–Kier alpha value is -2.53. The van der Waals surface area contributed by atoms with Crippen LogP contribution in [-0.4, -0.2) is 32.0 Å². The zero-order chi connectivity index (χ0) is 30.1. The molecule has 1 saturated heterocycles. The maximum absolute atomic E-state index is 15.1. The van der Waals surface area contributed by atoms with Crippen molar-refractivity contribution < 1.29 is 49.7 Å². The summed E-state index contributed by atoms with van der Waals surface area (Å²) in [6.07, 6.45) is -2.98. The lowest BCUT2D eigenvalue weighted by molar-refractivity contribution is -0.274. The number of benzene rings is 2. The van der Waals surface area contributed by atoms with Crippen LogP contribution in [0.5, 0.6) is 11.5 Å². The second kappa shape index (κ2) is 12.6. The molecule has 2 aromatic carbocycles. The second-order valence-corrected chi connectivity index (χ2v) is 11.9. The lowest BCUT2D eigenvalue weighted by atomic mass is 9.76. The number of hydrogen-bond acceptors (Lipinski definition) is 4. The van der Waals surface area contributed by atoms with Crippen LogP contribution < -0.4 is 9.47 Å². The van der Waals surface area contributed by atoms with Crippen molar-refractivity contribution in [3.8, 4) is 22.6 Å². The van der Waals surface area contributed by atoms with Gasteiger partial charge < -0.3 is 18.9 Å². The van der Waals surface area contributed by atoms with E-state index < -0.39 is 53.4 Å². The van der Waals surface area contributed by atoms with E-state index in [0.717, 1.165) is 30.2 Å². The van der Waals surface area contributed by atoms with Crippen LogP contribution in [0.4, 0.5) is 30.7 Å². The average molecular weight is 605 g/mol. The van der Waals surface area contributed by atoms with Crippen LogP contribution in [0.2, 0.25) is 0 Å². The van der Waals surface area contributed by atoms with Crippen molar-refractivity contribution in [2.45, 2.75) is 77.1 Å². The van der Waals surface area contributed by atoms with Crippen molar-refractivity contribution in [3.05, 3.63) is 48.0 Å². The Kier molecular flexibility index (Phi) is 9.27. The Morgan fingerprint density at radius 1 is 0.667 bits per heavy atom. The van der Waals surface area contributed by atoms with E-state index in [1.807, 2.05) is 0 Å². The molecule has 0 atom stereocenters. The molecule has 0 aromatic heterocycles. The number of halogens is 7. The molecule has 42 heavy (non-hydrogen) atoms. The molecule has 0 amide bonds. The van der Waals surface area contributed by atoms with Crippen molar-refractivity contribution in [2.75, 3.05) is 13.2 Å². The summed E-state index contributed by atoms with van der Waals surface area (Å²) in [4.78, 5) is 0. The van der Waals surface area contributed by atoms with Crippen LogP contribution >= 0.6 is 0 Å². The lowest BCUT2D eigenvalue weighted by Crippen LogP contribution is -2.43. The Balaban J connectivity index is 1.14. The van der Waals surface area contributed by atoms with Gasteiger partial charge in [0.15, 0.2) is 6.29 Å². The first-order valence-corrected chi connectivity index (χ1v) is 14.5. The second-order valence-electron chi connectivity index (χ2n) is 11.9. The van der Waals surface area contributed by atoms with Crippen molar-refractivity contribution in [2.24, 2.45) is 29.6 Å². The number of alkyl halides is 5. The Morgan fingerprint density at radius 3 is 1.76 bits per heavy atom. The average Bonchev–Trinajstić information content (AvgIpc) is 2.93. The van der Waals surface area contributed by atoms with Crippen LogP contribution in [0.25, 0.3) is 11.1 Å². The van der Waals surface area contributed by atoms with E-state index in [2.05, 4.69) is 11.7 Å². The highest BCUT2D eigenvalue weighted by Crippen LogP contribution is 2.44. The molecule has 232 valence electrons. The van der Waals surface area contributed by atoms with Crippen LogP contribution in [0.1, 0.15) is 58.3 Å². The van der Waals surface area contributed by atoms with E-state index in [1.165, 1.54) is 25.7 Å². The molecule has 2 aromatic rings. The molecule has 5 rings (SSSR count). The SMILES string of the molecule is CC1CCC(C2COC(C3CCC(C(F)(F)Oc4cc(F)c(-c5ccc(OC(F)(F)F)cc5)c(F)c4)CC3)OC2)CC1. The maximum Gasteiger partial charge on any atom is 0.573 e. The Labute approximate surface area is 240 Å². The standard InChI is InChI=1S/C31H35F7O4/c1-18-2-4-19(5-3-18)22-16-39-29(40-17-22)21-6-10-23(11-7-21)30(34,35)41-25-14-26(32)28(27(33)15-25)20-8-12-24(13-9-20)42-31(36,37)38/h8-9,12-15,18-19,21-23,29H,2-7,10-11,16-17H2,1H3. The number of rotatable bonds is 7. The molecule has 3 aliphatic rings. The van der Waals surface area contributed by atoms with Gasteiger partial charge in [0.2, 0.25) is 0 Å². The smallest absolute Gasteiger partial charge is 0.432 e. The molecule has 1 aliphatic heterocycles.